The molecular weight excluding hydrogens is 324 g/mol. The van der Waals surface area contributed by atoms with Crippen LogP contribution in [0.15, 0.2) is 48.7 Å². The molecule has 0 N–H and O–H groups in total. The Balaban J connectivity index is 1.48. The van der Waals surface area contributed by atoms with Crippen molar-refractivity contribution in [1.82, 2.24) is 9.88 Å². The van der Waals surface area contributed by atoms with E-state index in [1.54, 1.807) is 24.3 Å². The number of aromatic nitrogens is 1. The van der Waals surface area contributed by atoms with Crippen LogP contribution < -0.4 is 4.90 Å². The molecule has 132 valence electrons. The number of hydrogen-bond donors (Lipinski definition) is 0. The Morgan fingerprint density at radius 1 is 1.12 bits per heavy atom. The standard InChI is InChI=1S/C21H22N4O/c22-14-17-5-3-6-18(13-17)20(26)25-12-9-21(16-25)8-4-11-24(15-21)19-7-1-2-10-23-19/h1-3,5-7,10,13H,4,8-9,11-12,15-16H2/t21-/m0/s1. The molecule has 1 aromatic carbocycles. The van der Waals surface area contributed by atoms with Crippen LogP contribution >= 0.6 is 0 Å². The molecule has 2 aromatic rings. The van der Waals surface area contributed by atoms with Gasteiger partial charge in [-0.3, -0.25) is 4.79 Å². The van der Waals surface area contributed by atoms with Gasteiger partial charge in [0.2, 0.25) is 0 Å². The summed E-state index contributed by atoms with van der Waals surface area (Å²) in [5, 5.41) is 9.06. The number of carbonyl (C=O) groups is 1. The van der Waals surface area contributed by atoms with Gasteiger partial charge in [-0.25, -0.2) is 4.98 Å². The molecule has 1 aromatic heterocycles. The second kappa shape index (κ2) is 6.80. The number of nitrogens with zero attached hydrogens (tertiary/aromatic N) is 4. The number of carbonyl (C=O) groups excluding carboxylic acids is 1. The lowest BCUT2D eigenvalue weighted by molar-refractivity contribution is 0.0767. The highest BCUT2D eigenvalue weighted by atomic mass is 16.2. The Labute approximate surface area is 153 Å². The number of piperidine rings is 1. The zero-order chi connectivity index (χ0) is 18.0. The number of rotatable bonds is 2. The fourth-order valence-corrected chi connectivity index (χ4v) is 4.29. The van der Waals surface area contributed by atoms with Gasteiger partial charge in [0.15, 0.2) is 0 Å². The molecule has 5 nitrogen and oxygen atoms in total. The normalized spacial score (nSPS) is 22.4. The van der Waals surface area contributed by atoms with E-state index >= 15 is 0 Å². The van der Waals surface area contributed by atoms with Gasteiger partial charge in [-0.2, -0.15) is 5.26 Å². The van der Waals surface area contributed by atoms with Crippen molar-refractivity contribution >= 4 is 11.7 Å². The first-order valence-electron chi connectivity index (χ1n) is 9.15. The fourth-order valence-electron chi connectivity index (χ4n) is 4.29. The van der Waals surface area contributed by atoms with Crippen molar-refractivity contribution in [3.63, 3.8) is 0 Å². The van der Waals surface area contributed by atoms with Crippen molar-refractivity contribution in [3.05, 3.63) is 59.8 Å². The van der Waals surface area contributed by atoms with Gasteiger partial charge in [0.1, 0.15) is 5.82 Å². The maximum absolute atomic E-state index is 12.9. The van der Waals surface area contributed by atoms with Gasteiger partial charge in [-0.1, -0.05) is 12.1 Å². The van der Waals surface area contributed by atoms with Gasteiger partial charge in [0, 0.05) is 43.4 Å². The smallest absolute Gasteiger partial charge is 0.253 e. The highest BCUT2D eigenvalue weighted by Crippen LogP contribution is 2.40. The molecule has 1 amide bonds. The first-order valence-corrected chi connectivity index (χ1v) is 9.15. The van der Waals surface area contributed by atoms with Crippen LogP contribution in [0.25, 0.3) is 0 Å². The molecule has 3 heterocycles. The lowest BCUT2D eigenvalue weighted by Crippen LogP contribution is -2.45. The van der Waals surface area contributed by atoms with E-state index in [9.17, 15) is 4.79 Å². The van der Waals surface area contributed by atoms with Gasteiger partial charge in [-0.05, 0) is 49.6 Å². The summed E-state index contributed by atoms with van der Waals surface area (Å²) in [7, 11) is 0. The molecule has 2 saturated heterocycles. The molecule has 5 heteroatoms. The SMILES string of the molecule is N#Cc1cccc(C(=O)N2CC[C@]3(CCCN(c4ccccn4)C3)C2)c1. The Hall–Kier alpha value is -2.87. The van der Waals surface area contributed by atoms with E-state index in [-0.39, 0.29) is 11.3 Å². The third-order valence-electron chi connectivity index (χ3n) is 5.60. The minimum Gasteiger partial charge on any atom is -0.356 e. The van der Waals surface area contributed by atoms with Crippen LogP contribution in [0.2, 0.25) is 0 Å². The molecule has 2 aliphatic rings. The molecule has 4 rings (SSSR count). The first-order chi connectivity index (χ1) is 12.7. The van der Waals surface area contributed by atoms with Gasteiger partial charge in [0.05, 0.1) is 11.6 Å². The summed E-state index contributed by atoms with van der Waals surface area (Å²) in [6.45, 7) is 3.54. The summed E-state index contributed by atoms with van der Waals surface area (Å²) in [6.07, 6.45) is 5.14. The maximum Gasteiger partial charge on any atom is 0.253 e. The summed E-state index contributed by atoms with van der Waals surface area (Å²) in [4.78, 5) is 21.7. The highest BCUT2D eigenvalue weighted by Gasteiger charge is 2.43. The molecule has 0 radical (unpaired) electrons. The summed E-state index contributed by atoms with van der Waals surface area (Å²) in [5.74, 6) is 1.06. The largest absolute Gasteiger partial charge is 0.356 e. The summed E-state index contributed by atoms with van der Waals surface area (Å²) in [6, 6.07) is 15.1. The number of likely N-dealkylation sites (tertiary alicyclic amines) is 1. The molecule has 1 atom stereocenters. The zero-order valence-electron chi connectivity index (χ0n) is 14.8. The fraction of sp³-hybridized carbons (Fsp3) is 0.381. The predicted molar refractivity (Wildman–Crippen MR) is 99.8 cm³/mol. The predicted octanol–water partition coefficient (Wildman–Crippen LogP) is 3.09. The molecular formula is C21H22N4O. The van der Waals surface area contributed by atoms with Crippen LogP contribution in [0.4, 0.5) is 5.82 Å². The number of amides is 1. The number of hydrogen-bond acceptors (Lipinski definition) is 4. The minimum atomic E-state index is 0.0361. The van der Waals surface area contributed by atoms with E-state index in [1.807, 2.05) is 23.2 Å². The van der Waals surface area contributed by atoms with Crippen LogP contribution in [-0.2, 0) is 0 Å². The molecule has 0 unspecified atom stereocenters. The Morgan fingerprint density at radius 3 is 2.85 bits per heavy atom. The van der Waals surface area contributed by atoms with Gasteiger partial charge < -0.3 is 9.80 Å². The van der Waals surface area contributed by atoms with Gasteiger partial charge in [0.25, 0.3) is 5.91 Å². The van der Waals surface area contributed by atoms with Gasteiger partial charge in [-0.15, -0.1) is 0 Å². The lowest BCUT2D eigenvalue weighted by atomic mass is 9.79. The molecule has 2 fully saturated rings. The van der Waals surface area contributed by atoms with Crippen molar-refractivity contribution in [2.75, 3.05) is 31.1 Å². The average Bonchev–Trinajstić information content (AvgIpc) is 3.11. The third-order valence-corrected chi connectivity index (χ3v) is 5.60. The maximum atomic E-state index is 12.9. The van der Waals surface area contributed by atoms with Crippen molar-refractivity contribution in [3.8, 4) is 6.07 Å². The number of nitriles is 1. The van der Waals surface area contributed by atoms with E-state index in [0.717, 1.165) is 51.3 Å². The van der Waals surface area contributed by atoms with E-state index < -0.39 is 0 Å². The van der Waals surface area contributed by atoms with E-state index in [0.29, 0.717) is 11.1 Å². The van der Waals surface area contributed by atoms with Crippen molar-refractivity contribution in [2.24, 2.45) is 5.41 Å². The minimum absolute atomic E-state index is 0.0361. The van der Waals surface area contributed by atoms with Crippen LogP contribution in [0.1, 0.15) is 35.2 Å². The molecule has 0 bridgehead atoms. The number of anilines is 1. The molecule has 0 aliphatic carbocycles. The van der Waals surface area contributed by atoms with E-state index in [4.69, 9.17) is 5.26 Å². The zero-order valence-corrected chi connectivity index (χ0v) is 14.8. The van der Waals surface area contributed by atoms with Crippen LogP contribution in [0.5, 0.6) is 0 Å². The second-order valence-corrected chi connectivity index (χ2v) is 7.38. The highest BCUT2D eigenvalue weighted by molar-refractivity contribution is 5.94. The summed E-state index contributed by atoms with van der Waals surface area (Å²) < 4.78 is 0. The average molecular weight is 346 g/mol. The Morgan fingerprint density at radius 2 is 2.04 bits per heavy atom. The number of benzene rings is 1. The Kier molecular flexibility index (Phi) is 4.34. The molecule has 1 spiro atoms. The topological polar surface area (TPSA) is 60.2 Å². The lowest BCUT2D eigenvalue weighted by Gasteiger charge is -2.41. The summed E-state index contributed by atoms with van der Waals surface area (Å²) in [5.41, 5.74) is 1.29. The van der Waals surface area contributed by atoms with Gasteiger partial charge >= 0.3 is 0 Å². The van der Waals surface area contributed by atoms with E-state index in [1.165, 1.54) is 0 Å². The van der Waals surface area contributed by atoms with Crippen LogP contribution in [0.3, 0.4) is 0 Å². The molecule has 0 saturated carbocycles. The second-order valence-electron chi connectivity index (χ2n) is 7.38. The van der Waals surface area contributed by atoms with Crippen LogP contribution in [-0.4, -0.2) is 42.0 Å². The molecule has 26 heavy (non-hydrogen) atoms. The first kappa shape index (κ1) is 16.6. The quantitative estimate of drug-likeness (QED) is 0.838. The molecule has 2 aliphatic heterocycles. The van der Waals surface area contributed by atoms with Crippen molar-refractivity contribution in [2.45, 2.75) is 19.3 Å². The summed E-state index contributed by atoms with van der Waals surface area (Å²) >= 11 is 0. The monoisotopic (exact) mass is 346 g/mol. The number of pyridine rings is 1. The third kappa shape index (κ3) is 3.15. The van der Waals surface area contributed by atoms with Crippen molar-refractivity contribution < 1.29 is 4.79 Å². The van der Waals surface area contributed by atoms with Crippen molar-refractivity contribution in [1.29, 1.82) is 5.26 Å². The Bertz CT molecular complexity index is 845. The van der Waals surface area contributed by atoms with Crippen LogP contribution in [0, 0.1) is 16.7 Å². The van der Waals surface area contributed by atoms with E-state index in [2.05, 4.69) is 22.0 Å².